The predicted octanol–water partition coefficient (Wildman–Crippen LogP) is 2.81. The molecule has 0 aromatic carbocycles. The Hall–Kier alpha value is -1.84. The lowest BCUT2D eigenvalue weighted by atomic mass is 9.66. The summed E-state index contributed by atoms with van der Waals surface area (Å²) < 4.78 is 49.4. The first kappa shape index (κ1) is 21.9. The van der Waals surface area contributed by atoms with E-state index >= 15 is 0 Å². The minimum atomic E-state index is -4.69. The van der Waals surface area contributed by atoms with Crippen molar-refractivity contribution in [3.05, 3.63) is 29.1 Å². The van der Waals surface area contributed by atoms with Crippen LogP contribution in [0.25, 0.3) is 0 Å². The minimum Gasteiger partial charge on any atom is -0.389 e. The fraction of sp³-hybridized carbons (Fsp3) is 0.650. The first-order chi connectivity index (χ1) is 13.6. The van der Waals surface area contributed by atoms with Gasteiger partial charge in [-0.2, -0.15) is 13.2 Å². The van der Waals surface area contributed by atoms with E-state index in [2.05, 4.69) is 4.98 Å². The molecular formula is C20H24F3NO5. The highest BCUT2D eigenvalue weighted by molar-refractivity contribution is 6.13. The second-order valence-electron chi connectivity index (χ2n) is 7.87. The highest BCUT2D eigenvalue weighted by atomic mass is 19.4. The van der Waals surface area contributed by atoms with E-state index in [4.69, 9.17) is 9.47 Å². The summed E-state index contributed by atoms with van der Waals surface area (Å²) in [6.45, 7) is 1.45. The van der Waals surface area contributed by atoms with Crippen LogP contribution in [0.4, 0.5) is 13.2 Å². The monoisotopic (exact) mass is 415 g/mol. The molecule has 160 valence electrons. The Kier molecular flexibility index (Phi) is 6.12. The van der Waals surface area contributed by atoms with Crippen molar-refractivity contribution in [1.29, 1.82) is 0 Å². The van der Waals surface area contributed by atoms with Gasteiger partial charge in [0.1, 0.15) is 17.4 Å². The number of carbonyl (C=O) groups excluding carboxylic acids is 2. The van der Waals surface area contributed by atoms with Crippen LogP contribution in [0.5, 0.6) is 0 Å². The maximum absolute atomic E-state index is 13.2. The molecule has 2 aliphatic carbocycles. The normalized spacial score (nSPS) is 29.3. The summed E-state index contributed by atoms with van der Waals surface area (Å²) in [5.74, 6) is -2.85. The summed E-state index contributed by atoms with van der Waals surface area (Å²) in [5, 5.41) is 11.0. The highest BCUT2D eigenvalue weighted by Gasteiger charge is 2.57. The molecule has 2 bridgehead atoms. The molecule has 0 amide bonds. The average Bonchev–Trinajstić information content (AvgIpc) is 3.12. The van der Waals surface area contributed by atoms with Crippen molar-refractivity contribution in [3.8, 4) is 0 Å². The highest BCUT2D eigenvalue weighted by Crippen LogP contribution is 2.49. The zero-order valence-electron chi connectivity index (χ0n) is 16.3. The number of methoxy groups -OCH3 is 1. The number of nitrogens with zero attached hydrogens (tertiary/aromatic N) is 1. The number of alkyl halides is 3. The molecule has 1 heterocycles. The van der Waals surface area contributed by atoms with E-state index in [0.717, 1.165) is 6.07 Å². The van der Waals surface area contributed by atoms with Crippen LogP contribution in [-0.2, 0) is 27.1 Å². The number of Topliss-reactive ketones (excluding diaryl/α,β-unsaturated/α-hetero) is 2. The Morgan fingerprint density at radius 2 is 2.03 bits per heavy atom. The van der Waals surface area contributed by atoms with Gasteiger partial charge in [-0.15, -0.1) is 0 Å². The van der Waals surface area contributed by atoms with Crippen molar-refractivity contribution in [2.45, 2.75) is 44.6 Å². The Morgan fingerprint density at radius 3 is 2.69 bits per heavy atom. The van der Waals surface area contributed by atoms with Crippen molar-refractivity contribution in [2.24, 2.45) is 17.8 Å². The number of ether oxygens (including phenoxy) is 2. The van der Waals surface area contributed by atoms with Crippen molar-refractivity contribution >= 4 is 11.6 Å². The molecule has 1 N–H and O–H groups in total. The molecule has 2 aliphatic rings. The van der Waals surface area contributed by atoms with Gasteiger partial charge in [0.25, 0.3) is 0 Å². The van der Waals surface area contributed by atoms with Crippen LogP contribution in [0.15, 0.2) is 12.1 Å². The van der Waals surface area contributed by atoms with Crippen molar-refractivity contribution in [2.75, 3.05) is 20.3 Å². The van der Waals surface area contributed by atoms with E-state index in [1.165, 1.54) is 14.0 Å². The van der Waals surface area contributed by atoms with Gasteiger partial charge in [0.15, 0.2) is 5.78 Å². The van der Waals surface area contributed by atoms with Crippen LogP contribution in [0.3, 0.4) is 0 Å². The van der Waals surface area contributed by atoms with Crippen molar-refractivity contribution in [1.82, 2.24) is 4.98 Å². The van der Waals surface area contributed by atoms with Gasteiger partial charge in [0, 0.05) is 18.6 Å². The van der Waals surface area contributed by atoms with Crippen LogP contribution in [0.1, 0.15) is 47.9 Å². The molecule has 0 spiro atoms. The number of ketones is 2. The number of aliphatic hydroxyl groups is 1. The molecule has 2 saturated carbocycles. The fourth-order valence-corrected chi connectivity index (χ4v) is 4.38. The molecule has 6 nitrogen and oxygen atoms in total. The van der Waals surface area contributed by atoms with Gasteiger partial charge in [-0.1, -0.05) is 0 Å². The number of rotatable bonds is 7. The molecule has 9 heteroatoms. The van der Waals surface area contributed by atoms with E-state index in [-0.39, 0.29) is 48.7 Å². The summed E-state index contributed by atoms with van der Waals surface area (Å²) in [4.78, 5) is 29.6. The first-order valence-corrected chi connectivity index (χ1v) is 9.51. The van der Waals surface area contributed by atoms with Crippen LogP contribution in [-0.4, -0.2) is 47.6 Å². The van der Waals surface area contributed by atoms with Crippen LogP contribution in [0, 0.1) is 17.8 Å². The third kappa shape index (κ3) is 4.22. The maximum Gasteiger partial charge on any atom is 0.433 e. The first-order valence-electron chi connectivity index (χ1n) is 9.51. The van der Waals surface area contributed by atoms with E-state index in [1.54, 1.807) is 0 Å². The van der Waals surface area contributed by atoms with E-state index in [0.29, 0.717) is 25.3 Å². The molecule has 1 aromatic rings. The van der Waals surface area contributed by atoms with Gasteiger partial charge in [-0.05, 0) is 44.2 Å². The van der Waals surface area contributed by atoms with E-state index in [1.807, 2.05) is 0 Å². The molecule has 4 unspecified atom stereocenters. The smallest absolute Gasteiger partial charge is 0.389 e. The number of hydrogen-bond acceptors (Lipinski definition) is 6. The van der Waals surface area contributed by atoms with Crippen LogP contribution >= 0.6 is 0 Å². The Balaban J connectivity index is 1.95. The van der Waals surface area contributed by atoms with Crippen molar-refractivity contribution < 1.29 is 37.3 Å². The topological polar surface area (TPSA) is 85.7 Å². The van der Waals surface area contributed by atoms with E-state index < -0.39 is 29.2 Å². The number of carbonyl (C=O) groups is 2. The van der Waals surface area contributed by atoms with Gasteiger partial charge in [0.05, 0.1) is 31.1 Å². The average molecular weight is 415 g/mol. The lowest BCUT2D eigenvalue weighted by Crippen LogP contribution is -2.53. The second-order valence-corrected chi connectivity index (χ2v) is 7.87. The number of hydrogen-bond donors (Lipinski definition) is 1. The summed E-state index contributed by atoms with van der Waals surface area (Å²) in [6, 6.07) is 1.73. The molecular weight excluding hydrogens is 391 g/mol. The largest absolute Gasteiger partial charge is 0.433 e. The molecule has 3 rings (SSSR count). The lowest BCUT2D eigenvalue weighted by Gasteiger charge is -2.40. The SMILES string of the molecule is COCCOCc1nc(C(F)(F)F)ccc1C(=O)C1C(=O)C2CCC(C2)C1(C)O. The Morgan fingerprint density at radius 1 is 1.31 bits per heavy atom. The third-order valence-corrected chi connectivity index (χ3v) is 5.99. The van der Waals surface area contributed by atoms with Gasteiger partial charge < -0.3 is 14.6 Å². The fourth-order valence-electron chi connectivity index (χ4n) is 4.38. The Labute approximate surface area is 166 Å². The number of pyridine rings is 1. The lowest BCUT2D eigenvalue weighted by molar-refractivity contribution is -0.142. The van der Waals surface area contributed by atoms with Crippen LogP contribution < -0.4 is 0 Å². The quantitative estimate of drug-likeness (QED) is 0.419. The standard InChI is InChI=1S/C20H24F3NO5/c1-19(27)12-4-3-11(9-12)17(25)16(19)18(26)13-5-6-15(20(21,22)23)24-14(13)10-29-8-7-28-2/h5-6,11-12,16,27H,3-4,7-10H2,1-2H3. The van der Waals surface area contributed by atoms with Gasteiger partial charge in [0.2, 0.25) is 0 Å². The zero-order chi connectivity index (χ0) is 21.4. The second kappa shape index (κ2) is 8.12. The predicted molar refractivity (Wildman–Crippen MR) is 95.1 cm³/mol. The van der Waals surface area contributed by atoms with E-state index in [9.17, 15) is 27.9 Å². The molecule has 0 radical (unpaired) electrons. The molecule has 1 aromatic heterocycles. The third-order valence-electron chi connectivity index (χ3n) is 5.99. The molecule has 0 aliphatic heterocycles. The summed E-state index contributed by atoms with van der Waals surface area (Å²) in [6.07, 6.45) is -2.89. The van der Waals surface area contributed by atoms with Gasteiger partial charge >= 0.3 is 6.18 Å². The number of aromatic nitrogens is 1. The van der Waals surface area contributed by atoms with Gasteiger partial charge in [-0.3, -0.25) is 9.59 Å². The minimum absolute atomic E-state index is 0.103. The number of halogens is 3. The summed E-state index contributed by atoms with van der Waals surface area (Å²) in [7, 11) is 1.45. The molecule has 2 fully saturated rings. The molecule has 29 heavy (non-hydrogen) atoms. The van der Waals surface area contributed by atoms with Crippen molar-refractivity contribution in [3.63, 3.8) is 0 Å². The zero-order valence-corrected chi connectivity index (χ0v) is 16.3. The maximum atomic E-state index is 13.2. The summed E-state index contributed by atoms with van der Waals surface area (Å²) >= 11 is 0. The molecule has 0 saturated heterocycles. The van der Waals surface area contributed by atoms with Crippen LogP contribution in [0.2, 0.25) is 0 Å². The van der Waals surface area contributed by atoms with Gasteiger partial charge in [-0.25, -0.2) is 4.98 Å². The Bertz CT molecular complexity index is 793. The number of fused-ring (bicyclic) bond motifs is 2. The molecule has 4 atom stereocenters. The summed E-state index contributed by atoms with van der Waals surface area (Å²) in [5.41, 5.74) is -3.03.